The van der Waals surface area contributed by atoms with E-state index < -0.39 is 27.4 Å². The molecule has 3 saturated heterocycles. The van der Waals surface area contributed by atoms with Gasteiger partial charge >= 0.3 is 5.97 Å². The smallest absolute Gasteiger partial charge is 0.311 e. The van der Waals surface area contributed by atoms with Gasteiger partial charge in [0.15, 0.2) is 0 Å². The molecule has 1 spiro atoms. The Morgan fingerprint density at radius 1 is 1.21 bits per heavy atom. The molecule has 0 radical (unpaired) electrons. The van der Waals surface area contributed by atoms with Crippen LogP contribution in [0.5, 0.6) is 0 Å². The number of anilines is 1. The van der Waals surface area contributed by atoms with Crippen molar-refractivity contribution < 1.29 is 24.2 Å². The van der Waals surface area contributed by atoms with Gasteiger partial charge in [-0.15, -0.1) is 18.3 Å². The van der Waals surface area contributed by atoms with Gasteiger partial charge in [0.05, 0.1) is 23.2 Å². The van der Waals surface area contributed by atoms with E-state index in [1.54, 1.807) is 34.6 Å². The van der Waals surface area contributed by atoms with Crippen LogP contribution in [0, 0.1) is 11.8 Å². The fourth-order valence-electron chi connectivity index (χ4n) is 6.87. The van der Waals surface area contributed by atoms with Crippen molar-refractivity contribution in [3.05, 3.63) is 55.1 Å². The lowest BCUT2D eigenvalue weighted by Crippen LogP contribution is -2.55. The maximum absolute atomic E-state index is 14.6. The summed E-state index contributed by atoms with van der Waals surface area (Å²) in [4.78, 5) is 45.3. The number of thioether (sulfide) groups is 1. The molecule has 3 aliphatic heterocycles. The maximum atomic E-state index is 14.6. The lowest BCUT2D eigenvalue weighted by Gasteiger charge is -2.37. The first-order chi connectivity index (χ1) is 18.3. The Kier molecular flexibility index (Phi) is 7.31. The molecule has 8 heteroatoms. The first kappa shape index (κ1) is 26.8. The normalized spacial score (nSPS) is 29.5. The number of amides is 2. The zero-order chi connectivity index (χ0) is 27.1. The van der Waals surface area contributed by atoms with E-state index in [0.717, 1.165) is 22.9 Å². The van der Waals surface area contributed by atoms with E-state index in [9.17, 15) is 19.5 Å². The van der Waals surface area contributed by atoms with Crippen molar-refractivity contribution in [2.24, 2.45) is 11.8 Å². The standard InChI is InChI=1S/C30H36N2O5S/c1-4-16-31(22-13-12-20-10-6-7-11-21(20)19-22)27(35)25-30-15-14-29(3,38-30)24(28(36)37-5-2)23(30)26(34)32(25)17-8-9-18-33/h4,6-7,10-13,19,23-25,33H,1,5,8-9,14-18H2,2-3H3/t23-,24+,25?,29-,30?/m0/s1. The van der Waals surface area contributed by atoms with E-state index in [1.165, 1.54) is 0 Å². The van der Waals surface area contributed by atoms with Crippen LogP contribution in [0.1, 0.15) is 39.5 Å². The molecular weight excluding hydrogens is 500 g/mol. The van der Waals surface area contributed by atoms with E-state index in [2.05, 4.69) is 6.58 Å². The average molecular weight is 537 g/mol. The fraction of sp³-hybridized carbons (Fsp3) is 0.500. The second-order valence-electron chi connectivity index (χ2n) is 10.7. The van der Waals surface area contributed by atoms with Crippen LogP contribution in [0.2, 0.25) is 0 Å². The molecule has 5 atom stereocenters. The number of likely N-dealkylation sites (tertiary alicyclic amines) is 1. The molecule has 3 aliphatic rings. The minimum absolute atomic E-state index is 0.0210. The van der Waals surface area contributed by atoms with E-state index in [1.807, 2.05) is 49.4 Å². The first-order valence-electron chi connectivity index (χ1n) is 13.5. The SMILES string of the molecule is C=CCN(C(=O)C1N(CCCCO)C(=O)[C@@H]2[C@H](C(=O)OCC)[C@]3(C)CCC12S3)c1ccc2ccccc2c1. The summed E-state index contributed by atoms with van der Waals surface area (Å²) in [5.74, 6) is -1.83. The maximum Gasteiger partial charge on any atom is 0.311 e. The number of nitrogens with zero attached hydrogens (tertiary/aromatic N) is 2. The van der Waals surface area contributed by atoms with Crippen molar-refractivity contribution in [3.63, 3.8) is 0 Å². The van der Waals surface area contributed by atoms with Crippen LogP contribution in [0.15, 0.2) is 55.1 Å². The molecule has 0 aromatic heterocycles. The topological polar surface area (TPSA) is 87.2 Å². The lowest BCUT2D eigenvalue weighted by molar-refractivity contribution is -0.155. The Morgan fingerprint density at radius 3 is 2.68 bits per heavy atom. The van der Waals surface area contributed by atoms with Crippen molar-refractivity contribution in [1.82, 2.24) is 4.90 Å². The number of hydrogen-bond donors (Lipinski definition) is 1. The number of ether oxygens (including phenoxy) is 1. The van der Waals surface area contributed by atoms with Crippen molar-refractivity contribution in [3.8, 4) is 0 Å². The van der Waals surface area contributed by atoms with Crippen LogP contribution < -0.4 is 4.90 Å². The Labute approximate surface area is 228 Å². The van der Waals surface area contributed by atoms with E-state index >= 15 is 0 Å². The van der Waals surface area contributed by atoms with Gasteiger partial charge in [-0.05, 0) is 62.4 Å². The van der Waals surface area contributed by atoms with Gasteiger partial charge in [-0.3, -0.25) is 14.4 Å². The van der Waals surface area contributed by atoms with Crippen LogP contribution >= 0.6 is 11.8 Å². The third kappa shape index (κ3) is 4.13. The molecular formula is C30H36N2O5S. The van der Waals surface area contributed by atoms with Gasteiger partial charge in [0.2, 0.25) is 5.91 Å². The molecule has 2 aromatic rings. The monoisotopic (exact) mass is 536 g/mol. The molecule has 38 heavy (non-hydrogen) atoms. The molecule has 2 unspecified atom stereocenters. The summed E-state index contributed by atoms with van der Waals surface area (Å²) < 4.78 is 4.31. The van der Waals surface area contributed by atoms with Crippen molar-refractivity contribution in [1.29, 1.82) is 0 Å². The van der Waals surface area contributed by atoms with Crippen LogP contribution in [-0.2, 0) is 19.1 Å². The molecule has 0 aliphatic carbocycles. The van der Waals surface area contributed by atoms with Crippen molar-refractivity contribution >= 4 is 46.0 Å². The highest BCUT2D eigenvalue weighted by Gasteiger charge is 2.77. The predicted octanol–water partition coefficient (Wildman–Crippen LogP) is 4.18. The number of esters is 1. The molecule has 7 nitrogen and oxygen atoms in total. The molecule has 1 N–H and O–H groups in total. The van der Waals surface area contributed by atoms with Gasteiger partial charge in [-0.1, -0.05) is 36.4 Å². The molecule has 3 heterocycles. The largest absolute Gasteiger partial charge is 0.466 e. The van der Waals surface area contributed by atoms with Gasteiger partial charge in [-0.2, -0.15) is 0 Å². The average Bonchev–Trinajstić information content (AvgIpc) is 3.47. The molecule has 2 amide bonds. The summed E-state index contributed by atoms with van der Waals surface area (Å²) in [6.07, 6.45) is 4.26. The zero-order valence-electron chi connectivity index (χ0n) is 22.1. The molecule has 202 valence electrons. The third-order valence-corrected chi connectivity index (χ3v) is 10.5. The highest BCUT2D eigenvalue weighted by molar-refractivity contribution is 8.02. The molecule has 3 fully saturated rings. The van der Waals surface area contributed by atoms with Gasteiger partial charge in [0, 0.05) is 30.1 Å². The number of fused-ring (bicyclic) bond motifs is 2. The van der Waals surface area contributed by atoms with Crippen LogP contribution in [-0.4, -0.2) is 69.6 Å². The minimum atomic E-state index is -0.712. The van der Waals surface area contributed by atoms with Gasteiger partial charge in [-0.25, -0.2) is 0 Å². The highest BCUT2D eigenvalue weighted by Crippen LogP contribution is 2.71. The summed E-state index contributed by atoms with van der Waals surface area (Å²) in [5, 5.41) is 11.5. The molecule has 2 aromatic carbocycles. The van der Waals surface area contributed by atoms with Crippen molar-refractivity contribution in [2.45, 2.75) is 55.1 Å². The van der Waals surface area contributed by atoms with E-state index in [4.69, 9.17) is 4.74 Å². The fourth-order valence-corrected chi connectivity index (χ4v) is 9.21. The van der Waals surface area contributed by atoms with Crippen LogP contribution in [0.3, 0.4) is 0 Å². The molecule has 0 saturated carbocycles. The second kappa shape index (κ2) is 10.4. The Morgan fingerprint density at radius 2 is 1.97 bits per heavy atom. The number of rotatable bonds is 10. The number of aliphatic hydroxyl groups is 1. The Hall–Kier alpha value is -2.84. The summed E-state index contributed by atoms with van der Waals surface area (Å²) in [7, 11) is 0. The predicted molar refractivity (Wildman–Crippen MR) is 150 cm³/mol. The quantitative estimate of drug-likeness (QED) is 0.279. The second-order valence-corrected chi connectivity index (χ2v) is 12.6. The van der Waals surface area contributed by atoms with E-state index in [0.29, 0.717) is 32.4 Å². The minimum Gasteiger partial charge on any atom is -0.466 e. The summed E-state index contributed by atoms with van der Waals surface area (Å²) >= 11 is 1.64. The van der Waals surface area contributed by atoms with Gasteiger partial charge in [0.1, 0.15) is 6.04 Å². The number of hydrogen-bond acceptors (Lipinski definition) is 6. The summed E-state index contributed by atoms with van der Waals surface area (Å²) in [5.41, 5.74) is 0.752. The summed E-state index contributed by atoms with van der Waals surface area (Å²) in [6.45, 7) is 8.66. The zero-order valence-corrected chi connectivity index (χ0v) is 22.9. The van der Waals surface area contributed by atoms with E-state index in [-0.39, 0.29) is 31.0 Å². The van der Waals surface area contributed by atoms with Crippen LogP contribution in [0.4, 0.5) is 5.69 Å². The number of unbranched alkanes of at least 4 members (excludes halogenated alkanes) is 1. The Bertz CT molecular complexity index is 1270. The van der Waals surface area contributed by atoms with Gasteiger partial charge in [0.25, 0.3) is 5.91 Å². The molecule has 5 rings (SSSR count). The number of carbonyl (C=O) groups is 3. The Balaban J connectivity index is 1.58. The number of aliphatic hydroxyl groups excluding tert-OH is 1. The summed E-state index contributed by atoms with van der Waals surface area (Å²) in [6, 6.07) is 13.2. The number of carbonyl (C=O) groups excluding carboxylic acids is 3. The first-order valence-corrected chi connectivity index (χ1v) is 14.3. The highest BCUT2D eigenvalue weighted by atomic mass is 32.2. The van der Waals surface area contributed by atoms with Crippen molar-refractivity contribution in [2.75, 3.05) is 31.2 Å². The molecule has 2 bridgehead atoms. The lowest BCUT2D eigenvalue weighted by atomic mass is 9.66. The van der Waals surface area contributed by atoms with Crippen LogP contribution in [0.25, 0.3) is 10.8 Å². The van der Waals surface area contributed by atoms with Gasteiger partial charge < -0.3 is 19.6 Å². The third-order valence-electron chi connectivity index (χ3n) is 8.48. The number of benzene rings is 2.